The highest BCUT2D eigenvalue weighted by Crippen LogP contribution is 2.31. The Morgan fingerprint density at radius 2 is 1.74 bits per heavy atom. The van der Waals surface area contributed by atoms with E-state index < -0.39 is 0 Å². The lowest BCUT2D eigenvalue weighted by Gasteiger charge is -2.13. The van der Waals surface area contributed by atoms with Crippen molar-refractivity contribution in [3.8, 4) is 0 Å². The average molecular weight is 407 g/mol. The van der Waals surface area contributed by atoms with E-state index in [-0.39, 0.29) is 28.8 Å². The van der Waals surface area contributed by atoms with Crippen molar-refractivity contribution in [1.29, 1.82) is 0 Å². The van der Waals surface area contributed by atoms with Crippen molar-refractivity contribution in [2.45, 2.75) is 43.7 Å². The van der Waals surface area contributed by atoms with Gasteiger partial charge in [-0.1, -0.05) is 43.9 Å². The van der Waals surface area contributed by atoms with Crippen molar-refractivity contribution in [1.82, 2.24) is 10.2 Å². The summed E-state index contributed by atoms with van der Waals surface area (Å²) in [7, 11) is 0. The maximum absolute atomic E-state index is 12.5. The van der Waals surface area contributed by atoms with Gasteiger partial charge < -0.3 is 10.6 Å². The Balaban J connectivity index is 1.97. The number of nitrogens with one attached hydrogen (secondary N) is 2. The van der Waals surface area contributed by atoms with Gasteiger partial charge in [-0.3, -0.25) is 14.4 Å². The summed E-state index contributed by atoms with van der Waals surface area (Å²) in [6.45, 7) is 7.01. The zero-order chi connectivity index (χ0) is 20.0. The number of hydrogen-bond acceptors (Lipinski definition) is 7. The van der Waals surface area contributed by atoms with E-state index in [1.165, 1.54) is 30.0 Å². The molecule has 0 aliphatic carbocycles. The highest BCUT2D eigenvalue weighted by atomic mass is 32.2. The van der Waals surface area contributed by atoms with Crippen LogP contribution in [-0.2, 0) is 9.59 Å². The minimum absolute atomic E-state index is 0.0218. The molecule has 0 saturated heterocycles. The van der Waals surface area contributed by atoms with Crippen LogP contribution >= 0.6 is 23.1 Å². The summed E-state index contributed by atoms with van der Waals surface area (Å²) in [6.07, 6.45) is 0.606. The van der Waals surface area contributed by atoms with Gasteiger partial charge in [-0.05, 0) is 37.6 Å². The number of anilines is 2. The molecule has 1 aromatic carbocycles. The fourth-order valence-corrected chi connectivity index (χ4v) is 3.93. The molecule has 1 aromatic heterocycles. The molecule has 1 atom stereocenters. The maximum atomic E-state index is 12.5. The Bertz CT molecular complexity index is 818. The normalized spacial score (nSPS) is 11.9. The minimum atomic E-state index is -0.348. The van der Waals surface area contributed by atoms with Crippen molar-refractivity contribution >= 4 is 51.5 Å². The van der Waals surface area contributed by atoms with Crippen LogP contribution in [0.2, 0.25) is 0 Å². The molecule has 2 N–H and O–H groups in total. The van der Waals surface area contributed by atoms with Gasteiger partial charge in [-0.25, -0.2) is 0 Å². The lowest BCUT2D eigenvalue weighted by molar-refractivity contribution is -0.119. The zero-order valence-electron chi connectivity index (χ0n) is 15.6. The van der Waals surface area contributed by atoms with Gasteiger partial charge in [-0.2, -0.15) is 0 Å². The molecule has 0 bridgehead atoms. The highest BCUT2D eigenvalue weighted by Gasteiger charge is 2.21. The van der Waals surface area contributed by atoms with E-state index in [9.17, 15) is 14.4 Å². The van der Waals surface area contributed by atoms with Crippen LogP contribution in [0, 0.1) is 5.92 Å². The monoisotopic (exact) mass is 406 g/mol. The number of carbonyl (C=O) groups is 3. The molecule has 0 saturated carbocycles. The third-order valence-corrected chi connectivity index (χ3v) is 5.91. The molecule has 2 aromatic rings. The van der Waals surface area contributed by atoms with E-state index >= 15 is 0 Å². The van der Waals surface area contributed by atoms with Gasteiger partial charge in [-0.15, -0.1) is 10.2 Å². The number of hydrogen-bond donors (Lipinski definition) is 2. The third-order valence-electron chi connectivity index (χ3n) is 3.63. The molecule has 0 unspecified atom stereocenters. The third kappa shape index (κ3) is 6.14. The first-order valence-corrected chi connectivity index (χ1v) is 10.2. The van der Waals surface area contributed by atoms with E-state index in [4.69, 9.17) is 0 Å². The average Bonchev–Trinajstić information content (AvgIpc) is 3.06. The van der Waals surface area contributed by atoms with Crippen LogP contribution in [0.4, 0.5) is 10.8 Å². The van der Waals surface area contributed by atoms with E-state index in [1.807, 2.05) is 6.92 Å². The molecule has 2 amide bonds. The Kier molecular flexibility index (Phi) is 7.49. The first kappa shape index (κ1) is 21.0. The molecular formula is C18H22N4O3S2. The van der Waals surface area contributed by atoms with Crippen LogP contribution in [0.1, 0.15) is 44.5 Å². The van der Waals surface area contributed by atoms with E-state index in [2.05, 4.69) is 20.8 Å². The molecule has 0 aliphatic rings. The number of ketones is 1. The lowest BCUT2D eigenvalue weighted by Crippen LogP contribution is -2.24. The summed E-state index contributed by atoms with van der Waals surface area (Å²) < 4.78 is 0.614. The molecule has 0 spiro atoms. The van der Waals surface area contributed by atoms with Crippen LogP contribution < -0.4 is 10.6 Å². The van der Waals surface area contributed by atoms with Crippen molar-refractivity contribution < 1.29 is 14.4 Å². The second-order valence-corrected chi connectivity index (χ2v) is 8.58. The van der Waals surface area contributed by atoms with Gasteiger partial charge in [0.05, 0.1) is 5.25 Å². The van der Waals surface area contributed by atoms with Crippen LogP contribution in [0.15, 0.2) is 28.6 Å². The molecule has 0 radical (unpaired) electrons. The lowest BCUT2D eigenvalue weighted by atomic mass is 10.1. The second kappa shape index (κ2) is 9.61. The summed E-state index contributed by atoms with van der Waals surface area (Å²) in [5, 5.41) is 13.6. The van der Waals surface area contributed by atoms with Crippen molar-refractivity contribution in [2.75, 3.05) is 10.6 Å². The fourth-order valence-electron chi connectivity index (χ4n) is 2.01. The Labute approximate surface area is 166 Å². The number of amides is 2. The standard InChI is InChI=1S/C18H22N4O3S2/c1-5-14(16(25)19-13-8-6-12(7-9-13)11(4)23)26-18-22-21-17(27-18)20-15(24)10(2)3/h6-10,14H,5H2,1-4H3,(H,19,25)(H,20,21,24)/t14-/m0/s1. The molecule has 144 valence electrons. The first-order valence-electron chi connectivity index (χ1n) is 8.53. The predicted molar refractivity (Wildman–Crippen MR) is 108 cm³/mol. The van der Waals surface area contributed by atoms with Gasteiger partial charge >= 0.3 is 0 Å². The number of rotatable bonds is 8. The van der Waals surface area contributed by atoms with Crippen LogP contribution in [0.25, 0.3) is 0 Å². The van der Waals surface area contributed by atoms with Crippen molar-refractivity contribution in [3.05, 3.63) is 29.8 Å². The number of Topliss-reactive ketones (excluding diaryl/α,β-unsaturated/α-hetero) is 1. The summed E-state index contributed by atoms with van der Waals surface area (Å²) in [5.74, 6) is -0.442. The van der Waals surface area contributed by atoms with Gasteiger partial charge in [0.2, 0.25) is 16.9 Å². The summed E-state index contributed by atoms with van der Waals surface area (Å²) in [5.41, 5.74) is 1.23. The molecule has 0 aliphatic heterocycles. The number of benzene rings is 1. The Morgan fingerprint density at radius 3 is 2.30 bits per heavy atom. The molecule has 27 heavy (non-hydrogen) atoms. The number of carbonyl (C=O) groups excluding carboxylic acids is 3. The van der Waals surface area contributed by atoms with Crippen molar-refractivity contribution in [2.24, 2.45) is 5.92 Å². The number of thioether (sulfide) groups is 1. The van der Waals surface area contributed by atoms with Crippen LogP contribution in [0.5, 0.6) is 0 Å². The SMILES string of the molecule is CC[C@H](Sc1nnc(NC(=O)C(C)C)s1)C(=O)Nc1ccc(C(C)=O)cc1. The Hall–Kier alpha value is -2.26. The summed E-state index contributed by atoms with van der Waals surface area (Å²) >= 11 is 2.55. The van der Waals surface area contributed by atoms with E-state index in [0.29, 0.717) is 27.1 Å². The van der Waals surface area contributed by atoms with Crippen LogP contribution in [-0.4, -0.2) is 33.0 Å². The molecule has 1 heterocycles. The molecule has 7 nitrogen and oxygen atoms in total. The topological polar surface area (TPSA) is 101 Å². The minimum Gasteiger partial charge on any atom is -0.325 e. The first-order chi connectivity index (χ1) is 12.8. The quantitative estimate of drug-likeness (QED) is 0.392. The molecular weight excluding hydrogens is 384 g/mol. The number of aromatic nitrogens is 2. The van der Waals surface area contributed by atoms with Gasteiger partial charge in [0, 0.05) is 17.2 Å². The highest BCUT2D eigenvalue weighted by molar-refractivity contribution is 8.02. The Morgan fingerprint density at radius 1 is 1.07 bits per heavy atom. The van der Waals surface area contributed by atoms with E-state index in [1.54, 1.807) is 38.1 Å². The predicted octanol–water partition coefficient (Wildman–Crippen LogP) is 3.84. The zero-order valence-corrected chi connectivity index (χ0v) is 17.2. The van der Waals surface area contributed by atoms with Gasteiger partial charge in [0.25, 0.3) is 0 Å². The number of nitrogens with zero attached hydrogens (tertiary/aromatic N) is 2. The van der Waals surface area contributed by atoms with Crippen LogP contribution in [0.3, 0.4) is 0 Å². The molecule has 9 heteroatoms. The smallest absolute Gasteiger partial charge is 0.237 e. The van der Waals surface area contributed by atoms with Gasteiger partial charge in [0.15, 0.2) is 10.1 Å². The summed E-state index contributed by atoms with van der Waals surface area (Å²) in [6, 6.07) is 6.77. The fraction of sp³-hybridized carbons (Fsp3) is 0.389. The van der Waals surface area contributed by atoms with E-state index in [0.717, 1.165) is 0 Å². The molecule has 0 fully saturated rings. The second-order valence-electron chi connectivity index (χ2n) is 6.15. The molecule has 2 rings (SSSR count). The summed E-state index contributed by atoms with van der Waals surface area (Å²) in [4.78, 5) is 35.6. The van der Waals surface area contributed by atoms with Crippen molar-refractivity contribution in [3.63, 3.8) is 0 Å². The maximum Gasteiger partial charge on any atom is 0.237 e. The van der Waals surface area contributed by atoms with Gasteiger partial charge in [0.1, 0.15) is 0 Å². The largest absolute Gasteiger partial charge is 0.325 e.